The van der Waals surface area contributed by atoms with Gasteiger partial charge in [0.15, 0.2) is 6.35 Å². The first kappa shape index (κ1) is 14.0. The van der Waals surface area contributed by atoms with Crippen molar-refractivity contribution in [1.82, 2.24) is 10.6 Å². The van der Waals surface area contributed by atoms with Gasteiger partial charge in [-0.1, -0.05) is 12.8 Å². The van der Waals surface area contributed by atoms with E-state index in [4.69, 9.17) is 0 Å². The van der Waals surface area contributed by atoms with Gasteiger partial charge in [0.2, 0.25) is 5.91 Å². The minimum absolute atomic E-state index is 0.0835. The highest BCUT2D eigenvalue weighted by Crippen LogP contribution is 2.21. The lowest BCUT2D eigenvalue weighted by Gasteiger charge is -2.20. The second-order valence-corrected chi connectivity index (χ2v) is 5.52. The monoisotopic (exact) mass is 289 g/mol. The average molecular weight is 289 g/mol. The fourth-order valence-electron chi connectivity index (χ4n) is 2.89. The number of anilines is 1. The van der Waals surface area contributed by atoms with Gasteiger partial charge in [0, 0.05) is 17.3 Å². The largest absolute Gasteiger partial charge is 0.360 e. The zero-order valence-electron chi connectivity index (χ0n) is 11.7. The van der Waals surface area contributed by atoms with Crippen molar-refractivity contribution in [3.8, 4) is 0 Å². The molecule has 0 aromatic heterocycles. The molecule has 0 bridgehead atoms. The van der Waals surface area contributed by atoms with E-state index in [0.29, 0.717) is 11.3 Å². The molecule has 1 saturated carbocycles. The summed E-state index contributed by atoms with van der Waals surface area (Å²) < 4.78 is 0. The number of carbonyl (C=O) groups is 2. The lowest BCUT2D eigenvalue weighted by atomic mass is 10.1. The number of carbonyl (C=O) groups excluding carboxylic acids is 2. The Morgan fingerprint density at radius 2 is 1.90 bits per heavy atom. The summed E-state index contributed by atoms with van der Waals surface area (Å²) in [5.74, 6) is -0.273. The maximum absolute atomic E-state index is 12.1. The van der Waals surface area contributed by atoms with Gasteiger partial charge in [0.1, 0.15) is 0 Å². The molecule has 6 heteroatoms. The Labute approximate surface area is 123 Å². The molecular formula is C15H19N3O3. The van der Waals surface area contributed by atoms with Crippen LogP contribution in [-0.4, -0.2) is 35.9 Å². The van der Waals surface area contributed by atoms with Crippen molar-refractivity contribution in [1.29, 1.82) is 0 Å². The topological polar surface area (TPSA) is 81.7 Å². The number of nitrogens with one attached hydrogen (secondary N) is 2. The first-order valence-electron chi connectivity index (χ1n) is 7.29. The first-order chi connectivity index (χ1) is 10.1. The Balaban J connectivity index is 1.68. The number of hydrogen-bond acceptors (Lipinski definition) is 4. The van der Waals surface area contributed by atoms with E-state index < -0.39 is 6.35 Å². The van der Waals surface area contributed by atoms with E-state index in [1.807, 2.05) is 0 Å². The summed E-state index contributed by atoms with van der Waals surface area (Å²) in [5.41, 5.74) is 1.15. The number of hydrogen-bond donors (Lipinski definition) is 3. The molecule has 1 saturated heterocycles. The third-order valence-corrected chi connectivity index (χ3v) is 4.05. The van der Waals surface area contributed by atoms with Crippen molar-refractivity contribution in [3.63, 3.8) is 0 Å². The molecule has 2 aliphatic rings. The molecule has 2 fully saturated rings. The maximum Gasteiger partial charge on any atom is 0.251 e. The molecule has 1 unspecified atom stereocenters. The van der Waals surface area contributed by atoms with E-state index in [2.05, 4.69) is 10.6 Å². The first-order valence-corrected chi connectivity index (χ1v) is 7.29. The van der Waals surface area contributed by atoms with Crippen LogP contribution in [0.5, 0.6) is 0 Å². The van der Waals surface area contributed by atoms with E-state index in [9.17, 15) is 14.7 Å². The van der Waals surface area contributed by atoms with Gasteiger partial charge in [-0.3, -0.25) is 19.8 Å². The third kappa shape index (κ3) is 2.91. The van der Waals surface area contributed by atoms with Crippen molar-refractivity contribution >= 4 is 17.5 Å². The molecule has 6 nitrogen and oxygen atoms in total. The minimum Gasteiger partial charge on any atom is -0.360 e. The van der Waals surface area contributed by atoms with Crippen LogP contribution in [0.25, 0.3) is 0 Å². The van der Waals surface area contributed by atoms with E-state index in [1.54, 1.807) is 24.3 Å². The van der Waals surface area contributed by atoms with Crippen LogP contribution < -0.4 is 15.5 Å². The highest BCUT2D eigenvalue weighted by Gasteiger charge is 2.30. The molecule has 0 radical (unpaired) electrons. The Bertz CT molecular complexity index is 538. The Morgan fingerprint density at radius 3 is 2.48 bits per heavy atom. The number of amides is 2. The van der Waals surface area contributed by atoms with Gasteiger partial charge in [0.25, 0.3) is 5.91 Å². The summed E-state index contributed by atoms with van der Waals surface area (Å²) in [6.45, 7) is 0.116. The summed E-state index contributed by atoms with van der Waals surface area (Å²) in [4.78, 5) is 25.0. The summed E-state index contributed by atoms with van der Waals surface area (Å²) >= 11 is 0. The van der Waals surface area contributed by atoms with Crippen molar-refractivity contribution in [2.24, 2.45) is 0 Å². The Morgan fingerprint density at radius 1 is 1.24 bits per heavy atom. The van der Waals surface area contributed by atoms with E-state index >= 15 is 0 Å². The van der Waals surface area contributed by atoms with Gasteiger partial charge in [-0.05, 0) is 37.1 Å². The molecule has 3 N–H and O–H groups in total. The molecule has 1 aromatic carbocycles. The van der Waals surface area contributed by atoms with Gasteiger partial charge >= 0.3 is 0 Å². The number of nitrogens with zero attached hydrogens (tertiary/aromatic N) is 1. The number of aliphatic hydroxyl groups excluding tert-OH is 1. The van der Waals surface area contributed by atoms with Crippen LogP contribution in [-0.2, 0) is 4.79 Å². The summed E-state index contributed by atoms with van der Waals surface area (Å²) in [5, 5.41) is 15.4. The molecule has 1 atom stereocenters. The van der Waals surface area contributed by atoms with Crippen LogP contribution >= 0.6 is 0 Å². The second kappa shape index (κ2) is 5.83. The molecule has 0 spiro atoms. The molecule has 1 heterocycles. The Kier molecular flexibility index (Phi) is 3.90. The van der Waals surface area contributed by atoms with Gasteiger partial charge < -0.3 is 10.4 Å². The smallest absolute Gasteiger partial charge is 0.251 e. The summed E-state index contributed by atoms with van der Waals surface area (Å²) in [6.07, 6.45) is 3.43. The molecule has 1 aromatic rings. The van der Waals surface area contributed by atoms with Gasteiger partial charge in [-0.15, -0.1) is 0 Å². The van der Waals surface area contributed by atoms with Crippen LogP contribution in [0.3, 0.4) is 0 Å². The molecule has 3 rings (SSSR count). The van der Waals surface area contributed by atoms with Crippen LogP contribution in [0.1, 0.15) is 36.0 Å². The quantitative estimate of drug-likeness (QED) is 0.760. The van der Waals surface area contributed by atoms with Crippen molar-refractivity contribution < 1.29 is 14.7 Å². The van der Waals surface area contributed by atoms with Gasteiger partial charge in [-0.25, -0.2) is 0 Å². The molecule has 21 heavy (non-hydrogen) atoms. The molecule has 2 amide bonds. The van der Waals surface area contributed by atoms with Gasteiger partial charge in [0.05, 0.1) is 6.54 Å². The third-order valence-electron chi connectivity index (χ3n) is 4.05. The predicted octanol–water partition coefficient (Wildman–Crippen LogP) is 0.571. The fraction of sp³-hybridized carbons (Fsp3) is 0.467. The molecule has 1 aliphatic carbocycles. The number of aliphatic hydroxyl groups is 1. The second-order valence-electron chi connectivity index (χ2n) is 5.52. The fourth-order valence-corrected chi connectivity index (χ4v) is 2.89. The summed E-state index contributed by atoms with van der Waals surface area (Å²) in [7, 11) is 0. The zero-order chi connectivity index (χ0) is 14.8. The zero-order valence-corrected chi connectivity index (χ0v) is 11.7. The van der Waals surface area contributed by atoms with E-state index in [0.717, 1.165) is 12.8 Å². The van der Waals surface area contributed by atoms with E-state index in [-0.39, 0.29) is 24.4 Å². The van der Waals surface area contributed by atoms with Gasteiger partial charge in [-0.2, -0.15) is 0 Å². The highest BCUT2D eigenvalue weighted by molar-refractivity contribution is 5.98. The standard InChI is InChI=1S/C15H19N3O3/c19-13-9-16-15(21)18(13)12-7-5-10(6-8-12)14(20)17-11-3-1-2-4-11/h5-8,11,15-16,21H,1-4,9H2,(H,17,20). The van der Waals surface area contributed by atoms with Crippen LogP contribution in [0, 0.1) is 0 Å². The SMILES string of the molecule is O=C(NC1CCCC1)c1ccc(N2C(=O)CNC2O)cc1. The normalized spacial score (nSPS) is 22.8. The number of rotatable bonds is 3. The number of benzene rings is 1. The minimum atomic E-state index is -1.00. The predicted molar refractivity (Wildman–Crippen MR) is 77.7 cm³/mol. The van der Waals surface area contributed by atoms with Crippen LogP contribution in [0.4, 0.5) is 5.69 Å². The molecular weight excluding hydrogens is 270 g/mol. The van der Waals surface area contributed by atoms with Crippen molar-refractivity contribution in [2.45, 2.75) is 38.1 Å². The van der Waals surface area contributed by atoms with E-state index in [1.165, 1.54) is 17.7 Å². The summed E-state index contributed by atoms with van der Waals surface area (Å²) in [6, 6.07) is 6.99. The van der Waals surface area contributed by atoms with Crippen molar-refractivity contribution in [2.75, 3.05) is 11.4 Å². The average Bonchev–Trinajstić information content (AvgIpc) is 3.09. The lowest BCUT2D eigenvalue weighted by molar-refractivity contribution is -0.116. The maximum atomic E-state index is 12.1. The van der Waals surface area contributed by atoms with Crippen LogP contribution in [0.2, 0.25) is 0 Å². The molecule has 112 valence electrons. The lowest BCUT2D eigenvalue weighted by Crippen LogP contribution is -2.37. The Hall–Kier alpha value is -1.92. The highest BCUT2D eigenvalue weighted by atomic mass is 16.3. The van der Waals surface area contributed by atoms with Crippen LogP contribution in [0.15, 0.2) is 24.3 Å². The van der Waals surface area contributed by atoms with Crippen molar-refractivity contribution in [3.05, 3.63) is 29.8 Å². The molecule has 1 aliphatic heterocycles.